The van der Waals surface area contributed by atoms with Crippen molar-refractivity contribution < 1.29 is 13.2 Å². The smallest absolute Gasteiger partial charge is 0.313 e. The summed E-state index contributed by atoms with van der Waals surface area (Å²) >= 11 is 0. The highest BCUT2D eigenvalue weighted by Crippen LogP contribution is 2.29. The number of nitrogens with one attached hydrogen (secondary N) is 1. The van der Waals surface area contributed by atoms with Crippen LogP contribution >= 0.6 is 0 Å². The van der Waals surface area contributed by atoms with E-state index in [1.807, 2.05) is 0 Å². The lowest BCUT2D eigenvalue weighted by molar-refractivity contribution is -0.148. The minimum Gasteiger partial charge on any atom is -0.313 e. The molecule has 1 atom stereocenters. The van der Waals surface area contributed by atoms with Gasteiger partial charge in [-0.2, -0.15) is 13.2 Å². The highest BCUT2D eigenvalue weighted by Gasteiger charge is 2.39. The first-order valence-electron chi connectivity index (χ1n) is 7.40. The minimum atomic E-state index is -4.43. The van der Waals surface area contributed by atoms with Gasteiger partial charge < -0.3 is 9.88 Å². The first-order chi connectivity index (χ1) is 9.95. The molecule has 0 aliphatic carbocycles. The summed E-state index contributed by atoms with van der Waals surface area (Å²) in [5.41, 5.74) is 0. The van der Waals surface area contributed by atoms with Crippen LogP contribution in [0.15, 0.2) is 0 Å². The lowest BCUT2D eigenvalue weighted by Gasteiger charge is -2.31. The molecule has 21 heavy (non-hydrogen) atoms. The van der Waals surface area contributed by atoms with Gasteiger partial charge in [0.1, 0.15) is 5.82 Å². The van der Waals surface area contributed by atoms with Crippen LogP contribution in [0.3, 0.4) is 0 Å². The fraction of sp³-hybridized carbons (Fsp3) is 0.846. The lowest BCUT2D eigenvalue weighted by Crippen LogP contribution is -2.44. The van der Waals surface area contributed by atoms with E-state index in [1.165, 1.54) is 4.57 Å². The van der Waals surface area contributed by atoms with Gasteiger partial charge in [0.05, 0.1) is 6.54 Å². The van der Waals surface area contributed by atoms with Gasteiger partial charge in [-0.15, -0.1) is 10.2 Å². The van der Waals surface area contributed by atoms with E-state index in [-0.39, 0.29) is 0 Å². The Bertz CT molecular complexity index is 457. The number of alkyl halides is 3. The molecule has 5 nitrogen and oxygen atoms in total. The number of hydrogen-bond acceptors (Lipinski definition) is 4. The van der Waals surface area contributed by atoms with Crippen LogP contribution < -0.4 is 5.32 Å². The Balaban J connectivity index is 1.98. The molecular weight excluding hydrogens is 283 g/mol. The molecule has 1 N–H and O–H groups in total. The van der Waals surface area contributed by atoms with Crippen LogP contribution in [0, 0.1) is 0 Å². The highest BCUT2D eigenvalue weighted by molar-refractivity contribution is 5.02. The number of rotatable bonds is 6. The fourth-order valence-electron chi connectivity index (χ4n) is 2.57. The van der Waals surface area contributed by atoms with Gasteiger partial charge in [0, 0.05) is 25.7 Å². The van der Waals surface area contributed by atoms with Crippen molar-refractivity contribution in [3.05, 3.63) is 11.6 Å². The van der Waals surface area contributed by atoms with Gasteiger partial charge in [0.25, 0.3) is 0 Å². The molecule has 0 aromatic carbocycles. The predicted molar refractivity (Wildman–Crippen MR) is 72.7 cm³/mol. The second-order valence-electron chi connectivity index (χ2n) is 5.38. The van der Waals surface area contributed by atoms with Crippen molar-refractivity contribution in [2.75, 3.05) is 19.6 Å². The topological polar surface area (TPSA) is 46.0 Å². The van der Waals surface area contributed by atoms with Crippen molar-refractivity contribution in [2.45, 2.75) is 52.0 Å². The zero-order chi connectivity index (χ0) is 15.5. The molecule has 120 valence electrons. The monoisotopic (exact) mass is 305 g/mol. The van der Waals surface area contributed by atoms with Crippen LogP contribution in [0.5, 0.6) is 0 Å². The molecule has 2 rings (SSSR count). The first-order valence-corrected chi connectivity index (χ1v) is 7.40. The van der Waals surface area contributed by atoms with Gasteiger partial charge in [-0.05, 0) is 19.4 Å². The summed E-state index contributed by atoms with van der Waals surface area (Å²) in [5, 5.41) is 10.5. The molecule has 0 radical (unpaired) electrons. The standard InChI is InChI=1S/C13H22F3N5/c1-3-5-17-10(4-2)8-20-6-7-21-11(9-20)18-19-12(21)13(14,15)16/h10,17H,3-9H2,1-2H3. The van der Waals surface area contributed by atoms with Crippen molar-refractivity contribution in [2.24, 2.45) is 0 Å². The maximum atomic E-state index is 12.8. The molecule has 2 heterocycles. The summed E-state index contributed by atoms with van der Waals surface area (Å²) in [5.74, 6) is -0.479. The Morgan fingerprint density at radius 2 is 2.00 bits per heavy atom. The largest absolute Gasteiger partial charge is 0.451 e. The average molecular weight is 305 g/mol. The molecule has 1 aliphatic heterocycles. The predicted octanol–water partition coefficient (Wildman–Crippen LogP) is 1.89. The SMILES string of the molecule is CCCNC(CC)CN1CCn2c(nnc2C(F)(F)F)C1. The van der Waals surface area contributed by atoms with Gasteiger partial charge in [-0.25, -0.2) is 0 Å². The minimum absolute atomic E-state index is 0.293. The molecule has 0 saturated heterocycles. The maximum Gasteiger partial charge on any atom is 0.451 e. The van der Waals surface area contributed by atoms with Crippen molar-refractivity contribution in [3.63, 3.8) is 0 Å². The second kappa shape index (κ2) is 6.74. The zero-order valence-electron chi connectivity index (χ0n) is 12.4. The highest BCUT2D eigenvalue weighted by atomic mass is 19.4. The third kappa shape index (κ3) is 3.94. The van der Waals surface area contributed by atoms with Crippen molar-refractivity contribution >= 4 is 0 Å². The van der Waals surface area contributed by atoms with E-state index in [0.29, 0.717) is 31.5 Å². The molecule has 1 aliphatic rings. The molecule has 1 aromatic heterocycles. The number of halogens is 3. The van der Waals surface area contributed by atoms with Crippen LogP contribution in [0.1, 0.15) is 38.3 Å². The summed E-state index contributed by atoms with van der Waals surface area (Å²) in [6.45, 7) is 7.32. The summed E-state index contributed by atoms with van der Waals surface area (Å²) in [6.07, 6.45) is -2.36. The summed E-state index contributed by atoms with van der Waals surface area (Å²) in [4.78, 5) is 2.14. The van der Waals surface area contributed by atoms with E-state index in [1.54, 1.807) is 0 Å². The third-order valence-electron chi connectivity index (χ3n) is 3.74. The first kappa shape index (κ1) is 16.2. The van der Waals surface area contributed by atoms with Gasteiger partial charge >= 0.3 is 6.18 Å². The fourth-order valence-corrected chi connectivity index (χ4v) is 2.57. The maximum absolute atomic E-state index is 12.8. The molecule has 8 heteroatoms. The van der Waals surface area contributed by atoms with Gasteiger partial charge in [0.15, 0.2) is 0 Å². The summed E-state index contributed by atoms with van der Waals surface area (Å²) < 4.78 is 39.5. The normalized spacial score (nSPS) is 17.8. The number of fused-ring (bicyclic) bond motifs is 1. The number of aromatic nitrogens is 3. The Morgan fingerprint density at radius 1 is 1.24 bits per heavy atom. The van der Waals surface area contributed by atoms with Gasteiger partial charge in [0.2, 0.25) is 5.82 Å². The van der Waals surface area contributed by atoms with Crippen LogP contribution in [0.2, 0.25) is 0 Å². The van der Waals surface area contributed by atoms with E-state index >= 15 is 0 Å². The molecule has 0 amide bonds. The zero-order valence-corrected chi connectivity index (χ0v) is 12.4. The van der Waals surface area contributed by atoms with Gasteiger partial charge in [-0.3, -0.25) is 4.90 Å². The van der Waals surface area contributed by atoms with E-state index < -0.39 is 12.0 Å². The third-order valence-corrected chi connectivity index (χ3v) is 3.74. The molecule has 0 fully saturated rings. The van der Waals surface area contributed by atoms with Crippen LogP contribution in [0.4, 0.5) is 13.2 Å². The van der Waals surface area contributed by atoms with Crippen LogP contribution in [-0.2, 0) is 19.3 Å². The van der Waals surface area contributed by atoms with E-state index in [2.05, 4.69) is 34.3 Å². The number of nitrogens with zero attached hydrogens (tertiary/aromatic N) is 4. The molecule has 0 saturated carbocycles. The molecule has 0 bridgehead atoms. The van der Waals surface area contributed by atoms with E-state index in [4.69, 9.17) is 0 Å². The molecule has 0 spiro atoms. The van der Waals surface area contributed by atoms with Gasteiger partial charge in [-0.1, -0.05) is 13.8 Å². The Hall–Kier alpha value is -1.15. The Kier molecular flexibility index (Phi) is 5.21. The van der Waals surface area contributed by atoms with Crippen LogP contribution in [-0.4, -0.2) is 45.3 Å². The quantitative estimate of drug-likeness (QED) is 0.872. The van der Waals surface area contributed by atoms with E-state index in [0.717, 1.165) is 25.9 Å². The summed E-state index contributed by atoms with van der Waals surface area (Å²) in [7, 11) is 0. The summed E-state index contributed by atoms with van der Waals surface area (Å²) in [6, 6.07) is 0.363. The van der Waals surface area contributed by atoms with Crippen molar-refractivity contribution in [3.8, 4) is 0 Å². The van der Waals surface area contributed by atoms with E-state index in [9.17, 15) is 13.2 Å². The Morgan fingerprint density at radius 3 is 2.62 bits per heavy atom. The average Bonchev–Trinajstić information content (AvgIpc) is 2.86. The van der Waals surface area contributed by atoms with Crippen molar-refractivity contribution in [1.29, 1.82) is 0 Å². The molecular formula is C13H22F3N5. The van der Waals surface area contributed by atoms with Crippen LogP contribution in [0.25, 0.3) is 0 Å². The molecule has 1 aromatic rings. The van der Waals surface area contributed by atoms with Crippen molar-refractivity contribution in [1.82, 2.24) is 25.0 Å². The lowest BCUT2D eigenvalue weighted by atomic mass is 10.2. The molecule has 1 unspecified atom stereocenters. The Labute approximate surface area is 122 Å². The number of hydrogen-bond donors (Lipinski definition) is 1. The second-order valence-corrected chi connectivity index (χ2v) is 5.38.